The minimum absolute atomic E-state index is 0.695. The molecule has 0 saturated carbocycles. The van der Waals surface area contributed by atoms with E-state index in [1.54, 1.807) is 28.5 Å². The third kappa shape index (κ3) is 3.61. The van der Waals surface area contributed by atoms with Crippen LogP contribution in [0.2, 0.25) is 0 Å². The van der Waals surface area contributed by atoms with Gasteiger partial charge in [-0.2, -0.15) is 0 Å². The molecule has 0 saturated heterocycles. The highest BCUT2D eigenvalue weighted by atomic mass is 32.2. The standard InChI is InChI=1S/C19H14N4S3/c1-2-12-24-18-22-21-17(23(18)14-8-4-3-5-9-14)13-25-19-20-15-10-6-7-11-16(15)26-19/h3-12H,1,13H2. The lowest BCUT2D eigenvalue weighted by molar-refractivity contribution is 0.867. The Kier molecular flexibility index (Phi) is 5.22. The van der Waals surface area contributed by atoms with Gasteiger partial charge in [0, 0.05) is 11.1 Å². The van der Waals surface area contributed by atoms with Crippen molar-refractivity contribution in [3.63, 3.8) is 0 Å². The van der Waals surface area contributed by atoms with Crippen molar-refractivity contribution in [3.05, 3.63) is 78.1 Å². The fraction of sp³-hybridized carbons (Fsp3) is 0.0526. The number of rotatable bonds is 6. The van der Waals surface area contributed by atoms with Crippen molar-refractivity contribution in [2.45, 2.75) is 15.2 Å². The molecule has 26 heavy (non-hydrogen) atoms. The largest absolute Gasteiger partial charge is 0.273 e. The fourth-order valence-corrected chi connectivity index (χ4v) is 5.01. The van der Waals surface area contributed by atoms with Crippen molar-refractivity contribution < 1.29 is 0 Å². The maximum Gasteiger partial charge on any atom is 0.200 e. The van der Waals surface area contributed by atoms with Crippen molar-refractivity contribution in [2.24, 2.45) is 0 Å². The smallest absolute Gasteiger partial charge is 0.200 e. The lowest BCUT2D eigenvalue weighted by atomic mass is 10.3. The summed E-state index contributed by atoms with van der Waals surface area (Å²) in [6, 6.07) is 18.3. The zero-order chi connectivity index (χ0) is 17.8. The van der Waals surface area contributed by atoms with Gasteiger partial charge in [0.25, 0.3) is 0 Å². The van der Waals surface area contributed by atoms with Crippen LogP contribution in [0, 0.1) is 0 Å². The first-order valence-electron chi connectivity index (χ1n) is 7.84. The first-order valence-corrected chi connectivity index (χ1v) is 10.5. The summed E-state index contributed by atoms with van der Waals surface area (Å²) in [4.78, 5) is 4.68. The molecule has 0 radical (unpaired) electrons. The number of nitrogens with zero attached hydrogens (tertiary/aromatic N) is 4. The van der Waals surface area contributed by atoms with Crippen LogP contribution in [0.3, 0.4) is 0 Å². The molecule has 0 aliphatic rings. The van der Waals surface area contributed by atoms with Crippen LogP contribution in [0.25, 0.3) is 15.9 Å². The van der Waals surface area contributed by atoms with Crippen LogP contribution in [-0.4, -0.2) is 19.7 Å². The van der Waals surface area contributed by atoms with Crippen molar-refractivity contribution in [3.8, 4) is 5.69 Å². The van der Waals surface area contributed by atoms with Crippen molar-refractivity contribution in [1.29, 1.82) is 0 Å². The summed E-state index contributed by atoms with van der Waals surface area (Å²) in [5, 5.41) is 11.3. The van der Waals surface area contributed by atoms with Crippen molar-refractivity contribution in [2.75, 3.05) is 0 Å². The molecular formula is C19H14N4S3. The van der Waals surface area contributed by atoms with E-state index in [0.29, 0.717) is 5.75 Å². The zero-order valence-electron chi connectivity index (χ0n) is 13.7. The first-order chi connectivity index (χ1) is 12.8. The molecule has 2 aromatic carbocycles. The van der Waals surface area contributed by atoms with Gasteiger partial charge in [-0.3, -0.25) is 4.57 Å². The highest BCUT2D eigenvalue weighted by Gasteiger charge is 2.15. The average molecular weight is 395 g/mol. The van der Waals surface area contributed by atoms with E-state index in [1.807, 2.05) is 36.4 Å². The SMILES string of the molecule is C=C=CSc1nnc(CSc2nc3ccccc3s2)n1-c1ccccc1. The lowest BCUT2D eigenvalue weighted by Gasteiger charge is -2.08. The molecule has 2 heterocycles. The molecule has 0 amide bonds. The molecule has 4 aromatic rings. The predicted molar refractivity (Wildman–Crippen MR) is 110 cm³/mol. The molecule has 7 heteroatoms. The number of benzene rings is 2. The van der Waals surface area contributed by atoms with Crippen molar-refractivity contribution >= 4 is 45.1 Å². The lowest BCUT2D eigenvalue weighted by Crippen LogP contribution is -2.01. The molecule has 0 bridgehead atoms. The topological polar surface area (TPSA) is 43.6 Å². The fourth-order valence-electron chi connectivity index (χ4n) is 2.44. The van der Waals surface area contributed by atoms with Gasteiger partial charge in [0.05, 0.1) is 16.0 Å². The average Bonchev–Trinajstić information content (AvgIpc) is 3.28. The van der Waals surface area contributed by atoms with Gasteiger partial charge in [-0.15, -0.1) is 27.3 Å². The van der Waals surface area contributed by atoms with E-state index < -0.39 is 0 Å². The zero-order valence-corrected chi connectivity index (χ0v) is 16.2. The minimum Gasteiger partial charge on any atom is -0.273 e. The third-order valence-electron chi connectivity index (χ3n) is 3.56. The number of para-hydroxylation sites is 2. The number of hydrogen-bond acceptors (Lipinski definition) is 6. The Bertz CT molecular complexity index is 1050. The highest BCUT2D eigenvalue weighted by molar-refractivity contribution is 8.02. The van der Waals surface area contributed by atoms with Crippen LogP contribution in [0.1, 0.15) is 5.82 Å². The molecule has 0 atom stereocenters. The summed E-state index contributed by atoms with van der Waals surface area (Å²) < 4.78 is 4.31. The molecule has 0 spiro atoms. The van der Waals surface area contributed by atoms with E-state index in [4.69, 9.17) is 0 Å². The second-order valence-electron chi connectivity index (χ2n) is 5.25. The number of thioether (sulfide) groups is 2. The van der Waals surface area contributed by atoms with E-state index >= 15 is 0 Å². The monoisotopic (exact) mass is 394 g/mol. The number of hydrogen-bond donors (Lipinski definition) is 0. The van der Waals surface area contributed by atoms with Gasteiger partial charge in [-0.05, 0) is 36.0 Å². The Morgan fingerprint density at radius 2 is 1.88 bits per heavy atom. The second-order valence-corrected chi connectivity index (χ2v) is 8.34. The Labute approximate surface area is 163 Å². The van der Waals surface area contributed by atoms with Crippen LogP contribution >= 0.6 is 34.9 Å². The highest BCUT2D eigenvalue weighted by Crippen LogP contribution is 2.32. The normalized spacial score (nSPS) is 10.8. The summed E-state index contributed by atoms with van der Waals surface area (Å²) in [6.45, 7) is 3.61. The Hall–Kier alpha value is -2.31. The molecule has 0 aliphatic carbocycles. The van der Waals surface area contributed by atoms with Crippen LogP contribution in [0.15, 0.2) is 81.8 Å². The van der Waals surface area contributed by atoms with Gasteiger partial charge in [-0.25, -0.2) is 4.98 Å². The summed E-state index contributed by atoms with van der Waals surface area (Å²) in [5.41, 5.74) is 4.85. The maximum atomic E-state index is 4.68. The van der Waals surface area contributed by atoms with Gasteiger partial charge in [-0.1, -0.05) is 48.7 Å². The predicted octanol–water partition coefficient (Wildman–Crippen LogP) is 5.56. The van der Waals surface area contributed by atoms with Gasteiger partial charge in [0.15, 0.2) is 4.34 Å². The van der Waals surface area contributed by atoms with Gasteiger partial charge < -0.3 is 0 Å². The molecule has 0 fully saturated rings. The molecule has 4 nitrogen and oxygen atoms in total. The van der Waals surface area contributed by atoms with Crippen LogP contribution in [0.4, 0.5) is 0 Å². The minimum atomic E-state index is 0.695. The Morgan fingerprint density at radius 1 is 1.08 bits per heavy atom. The summed E-state index contributed by atoms with van der Waals surface area (Å²) >= 11 is 4.84. The van der Waals surface area contributed by atoms with Crippen LogP contribution in [0.5, 0.6) is 0 Å². The maximum absolute atomic E-state index is 4.68. The summed E-state index contributed by atoms with van der Waals surface area (Å²) in [6.07, 6.45) is 0. The molecule has 0 aliphatic heterocycles. The Morgan fingerprint density at radius 3 is 2.69 bits per heavy atom. The van der Waals surface area contributed by atoms with E-state index in [0.717, 1.165) is 26.5 Å². The molecular weight excluding hydrogens is 380 g/mol. The van der Waals surface area contributed by atoms with E-state index in [9.17, 15) is 0 Å². The van der Waals surface area contributed by atoms with Crippen LogP contribution < -0.4 is 0 Å². The number of fused-ring (bicyclic) bond motifs is 1. The second kappa shape index (κ2) is 7.93. The molecule has 0 N–H and O–H groups in total. The van der Waals surface area contributed by atoms with E-state index in [1.165, 1.54) is 16.5 Å². The van der Waals surface area contributed by atoms with Gasteiger partial charge >= 0.3 is 0 Å². The first kappa shape index (κ1) is 17.1. The third-order valence-corrected chi connectivity index (χ3v) is 6.50. The quantitative estimate of drug-likeness (QED) is 0.316. The molecule has 0 unspecified atom stereocenters. The van der Waals surface area contributed by atoms with Crippen LogP contribution in [-0.2, 0) is 5.75 Å². The molecule has 128 valence electrons. The van der Waals surface area contributed by atoms with Gasteiger partial charge in [0.2, 0.25) is 5.16 Å². The van der Waals surface area contributed by atoms with E-state index in [-0.39, 0.29) is 0 Å². The summed E-state index contributed by atoms with van der Waals surface area (Å²) in [5.74, 6) is 1.58. The number of aromatic nitrogens is 4. The Balaban J connectivity index is 1.63. The van der Waals surface area contributed by atoms with E-state index in [2.05, 4.69) is 50.3 Å². The summed E-state index contributed by atoms with van der Waals surface area (Å²) in [7, 11) is 0. The molecule has 4 rings (SSSR count). The number of thiazole rings is 1. The van der Waals surface area contributed by atoms with Crippen molar-refractivity contribution in [1.82, 2.24) is 19.7 Å². The van der Waals surface area contributed by atoms with Gasteiger partial charge in [0.1, 0.15) is 5.82 Å². The molecule has 2 aromatic heterocycles.